The molecule has 5 nitrogen and oxygen atoms in total. The van der Waals surface area contributed by atoms with E-state index < -0.39 is 5.82 Å². The van der Waals surface area contributed by atoms with Crippen molar-refractivity contribution in [2.45, 2.75) is 25.4 Å². The van der Waals surface area contributed by atoms with Gasteiger partial charge in [-0.1, -0.05) is 18.2 Å². The van der Waals surface area contributed by atoms with Crippen LogP contribution in [0.3, 0.4) is 0 Å². The van der Waals surface area contributed by atoms with E-state index in [0.29, 0.717) is 38.2 Å². The highest BCUT2D eigenvalue weighted by molar-refractivity contribution is 7.09. The number of carbonyl (C=O) groups is 2. The normalized spacial score (nSPS) is 14.7. The van der Waals surface area contributed by atoms with Crippen LogP contribution in [0.5, 0.6) is 0 Å². The van der Waals surface area contributed by atoms with Crippen molar-refractivity contribution in [1.29, 1.82) is 0 Å². The summed E-state index contributed by atoms with van der Waals surface area (Å²) in [5.41, 5.74) is 0.727. The van der Waals surface area contributed by atoms with E-state index in [2.05, 4.69) is 11.4 Å². The van der Waals surface area contributed by atoms with Gasteiger partial charge in [0.25, 0.3) is 11.8 Å². The maximum Gasteiger partial charge on any atom is 0.268 e. The number of benzene rings is 1. The molecule has 1 aromatic carbocycles. The van der Waals surface area contributed by atoms with Crippen LogP contribution in [-0.2, 0) is 6.54 Å². The molecule has 1 aliphatic heterocycles. The molecule has 0 bridgehead atoms. The van der Waals surface area contributed by atoms with Gasteiger partial charge in [-0.3, -0.25) is 9.59 Å². The number of carbonyl (C=O) groups excluding carboxylic acids is 2. The second-order valence-electron chi connectivity index (χ2n) is 7.12. The number of nitrogens with zero attached hydrogens (tertiary/aromatic N) is 2. The summed E-state index contributed by atoms with van der Waals surface area (Å²) < 4.78 is 15.8. The summed E-state index contributed by atoms with van der Waals surface area (Å²) in [7, 11) is 0. The number of hydrogen-bond donors (Lipinski definition) is 1. The van der Waals surface area contributed by atoms with Gasteiger partial charge < -0.3 is 14.8 Å². The van der Waals surface area contributed by atoms with E-state index in [1.54, 1.807) is 28.4 Å². The molecule has 1 aliphatic rings. The van der Waals surface area contributed by atoms with Gasteiger partial charge in [-0.2, -0.15) is 0 Å². The monoisotopic (exact) mass is 411 g/mol. The third-order valence-electron chi connectivity index (χ3n) is 5.19. The van der Waals surface area contributed by atoms with Crippen molar-refractivity contribution in [3.05, 3.63) is 82.1 Å². The molecule has 4 rings (SSSR count). The van der Waals surface area contributed by atoms with Crippen molar-refractivity contribution in [3.8, 4) is 0 Å². The largest absolute Gasteiger partial charge is 0.348 e. The van der Waals surface area contributed by atoms with E-state index in [1.165, 1.54) is 17.0 Å². The lowest BCUT2D eigenvalue weighted by Crippen LogP contribution is -2.47. The number of aromatic nitrogens is 1. The predicted molar refractivity (Wildman–Crippen MR) is 111 cm³/mol. The zero-order valence-corrected chi connectivity index (χ0v) is 16.7. The summed E-state index contributed by atoms with van der Waals surface area (Å²) in [5.74, 6) is -0.900. The molecule has 150 valence electrons. The summed E-state index contributed by atoms with van der Waals surface area (Å²) in [4.78, 5) is 28.1. The number of rotatable bonds is 5. The van der Waals surface area contributed by atoms with Gasteiger partial charge in [-0.25, -0.2) is 4.39 Å². The van der Waals surface area contributed by atoms with Crippen molar-refractivity contribution >= 4 is 23.2 Å². The third kappa shape index (κ3) is 4.40. The topological polar surface area (TPSA) is 54.3 Å². The third-order valence-corrected chi connectivity index (χ3v) is 6.05. The van der Waals surface area contributed by atoms with Crippen molar-refractivity contribution in [2.75, 3.05) is 13.1 Å². The lowest BCUT2D eigenvalue weighted by Gasteiger charge is -2.32. The maximum atomic E-state index is 13.9. The second kappa shape index (κ2) is 8.61. The molecule has 1 fully saturated rings. The van der Waals surface area contributed by atoms with Crippen molar-refractivity contribution in [3.63, 3.8) is 0 Å². The van der Waals surface area contributed by atoms with Crippen LogP contribution in [0.1, 0.15) is 38.6 Å². The zero-order chi connectivity index (χ0) is 20.2. The van der Waals surface area contributed by atoms with Gasteiger partial charge >= 0.3 is 0 Å². The number of likely N-dealkylation sites (tertiary alicyclic amines) is 1. The summed E-state index contributed by atoms with van der Waals surface area (Å²) in [6, 6.07) is 13.8. The quantitative estimate of drug-likeness (QED) is 0.695. The van der Waals surface area contributed by atoms with Gasteiger partial charge in [-0.15, -0.1) is 11.3 Å². The van der Waals surface area contributed by atoms with Crippen LogP contribution in [0, 0.1) is 5.82 Å². The van der Waals surface area contributed by atoms with Gasteiger partial charge in [0, 0.05) is 30.2 Å². The second-order valence-corrected chi connectivity index (χ2v) is 8.15. The van der Waals surface area contributed by atoms with E-state index in [0.717, 1.165) is 0 Å². The van der Waals surface area contributed by atoms with Crippen LogP contribution >= 0.6 is 11.3 Å². The smallest absolute Gasteiger partial charge is 0.268 e. The first-order valence-corrected chi connectivity index (χ1v) is 10.5. The van der Waals surface area contributed by atoms with E-state index in [1.807, 2.05) is 34.3 Å². The fourth-order valence-electron chi connectivity index (χ4n) is 3.62. The number of thiophene rings is 1. The molecule has 0 unspecified atom stereocenters. The fourth-order valence-corrected chi connectivity index (χ4v) is 4.32. The summed E-state index contributed by atoms with van der Waals surface area (Å²) in [6.07, 6.45) is 3.21. The van der Waals surface area contributed by atoms with E-state index in [9.17, 15) is 14.0 Å². The fraction of sp³-hybridized carbons (Fsp3) is 0.273. The summed E-state index contributed by atoms with van der Waals surface area (Å²) >= 11 is 1.66. The minimum absolute atomic E-state index is 0.00254. The van der Waals surface area contributed by atoms with Crippen LogP contribution in [-0.4, -0.2) is 40.4 Å². The van der Waals surface area contributed by atoms with Crippen LogP contribution in [0.15, 0.2) is 60.1 Å². The van der Waals surface area contributed by atoms with Crippen molar-refractivity contribution in [1.82, 2.24) is 14.8 Å². The highest BCUT2D eigenvalue weighted by Crippen LogP contribution is 2.17. The molecule has 0 saturated carbocycles. The van der Waals surface area contributed by atoms with Crippen LogP contribution in [0.25, 0.3) is 0 Å². The van der Waals surface area contributed by atoms with E-state index in [4.69, 9.17) is 0 Å². The average Bonchev–Trinajstić information content (AvgIpc) is 3.41. The Morgan fingerprint density at radius 1 is 1.07 bits per heavy atom. The van der Waals surface area contributed by atoms with Crippen molar-refractivity contribution < 1.29 is 14.0 Å². The Balaban J connectivity index is 1.33. The van der Waals surface area contributed by atoms with Crippen LogP contribution in [0.4, 0.5) is 4.39 Å². The lowest BCUT2D eigenvalue weighted by atomic mass is 10.0. The minimum atomic E-state index is -0.501. The molecular formula is C22H22FN3O2S. The first kappa shape index (κ1) is 19.4. The Morgan fingerprint density at radius 3 is 2.59 bits per heavy atom. The minimum Gasteiger partial charge on any atom is -0.348 e. The average molecular weight is 412 g/mol. The molecule has 1 saturated heterocycles. The first-order chi connectivity index (χ1) is 14.1. The van der Waals surface area contributed by atoms with Gasteiger partial charge in [0.2, 0.25) is 0 Å². The molecule has 3 aromatic rings. The van der Waals surface area contributed by atoms with Gasteiger partial charge in [0.15, 0.2) is 0 Å². The summed E-state index contributed by atoms with van der Waals surface area (Å²) in [5, 5.41) is 5.11. The number of halogens is 1. The molecule has 29 heavy (non-hydrogen) atoms. The molecule has 2 aromatic heterocycles. The molecule has 0 atom stereocenters. The molecular weight excluding hydrogens is 389 g/mol. The summed E-state index contributed by atoms with van der Waals surface area (Å²) in [6.45, 7) is 1.66. The Bertz CT molecular complexity index is 991. The molecule has 0 aliphatic carbocycles. The highest BCUT2D eigenvalue weighted by Gasteiger charge is 2.26. The van der Waals surface area contributed by atoms with Gasteiger partial charge in [0.05, 0.1) is 12.1 Å². The number of hydrogen-bond acceptors (Lipinski definition) is 3. The van der Waals surface area contributed by atoms with Crippen molar-refractivity contribution in [2.24, 2.45) is 0 Å². The molecule has 3 heterocycles. The number of nitrogens with one attached hydrogen (secondary N) is 1. The molecule has 1 N–H and O–H groups in total. The molecule has 7 heteroatoms. The Hall–Kier alpha value is -2.93. The van der Waals surface area contributed by atoms with E-state index in [-0.39, 0.29) is 23.4 Å². The molecule has 0 radical (unpaired) electrons. The number of amides is 2. The molecule has 2 amide bonds. The lowest BCUT2D eigenvalue weighted by molar-refractivity contribution is 0.0693. The standard InChI is InChI=1S/C22H22FN3O2S/c23-19-7-2-1-6-18(19)22(28)25-12-9-16(10-13-25)24-21(27)20-8-3-11-26(20)15-17-5-4-14-29-17/h1-8,11,14,16H,9-10,12-13,15H2,(H,24,27). The molecule has 0 spiro atoms. The maximum absolute atomic E-state index is 13.9. The van der Waals surface area contributed by atoms with Gasteiger partial charge in [-0.05, 0) is 48.6 Å². The van der Waals surface area contributed by atoms with E-state index >= 15 is 0 Å². The highest BCUT2D eigenvalue weighted by atomic mass is 32.1. The predicted octanol–water partition coefficient (Wildman–Crippen LogP) is 3.77. The first-order valence-electron chi connectivity index (χ1n) is 9.64. The van der Waals surface area contributed by atoms with Crippen LogP contribution < -0.4 is 5.32 Å². The van der Waals surface area contributed by atoms with Gasteiger partial charge in [0.1, 0.15) is 11.5 Å². The number of piperidine rings is 1. The SMILES string of the molecule is O=C(NC1CCN(C(=O)c2ccccc2F)CC1)c1cccn1Cc1cccs1. The Morgan fingerprint density at radius 2 is 1.86 bits per heavy atom. The van der Waals surface area contributed by atoms with Crippen LogP contribution in [0.2, 0.25) is 0 Å². The Labute approximate surface area is 172 Å². The zero-order valence-electron chi connectivity index (χ0n) is 15.9. The Kier molecular flexibility index (Phi) is 5.76.